The average molecular weight is 609 g/mol. The molecule has 2 aromatic heterocycles. The van der Waals surface area contributed by atoms with Crippen molar-refractivity contribution in [2.75, 3.05) is 42.9 Å². The first kappa shape index (κ1) is 29.5. The summed E-state index contributed by atoms with van der Waals surface area (Å²) in [7, 11) is -3.15. The molecular weight excluding hydrogens is 582 g/mol. The lowest BCUT2D eigenvalue weighted by Crippen LogP contribution is -2.49. The topological polar surface area (TPSA) is 135 Å². The van der Waals surface area contributed by atoms with Gasteiger partial charge in [-0.25, -0.2) is 32.2 Å². The molecule has 0 atom stereocenters. The van der Waals surface area contributed by atoms with Gasteiger partial charge in [0, 0.05) is 49.4 Å². The number of rotatable bonds is 8. The Bertz CT molecular complexity index is 1880. The number of fused-ring (bicyclic) bond motifs is 1. The summed E-state index contributed by atoms with van der Waals surface area (Å²) in [5.74, 6) is -2.33. The minimum atomic E-state index is -4.46. The van der Waals surface area contributed by atoms with Crippen LogP contribution in [0.4, 0.5) is 20.3 Å². The van der Waals surface area contributed by atoms with Crippen molar-refractivity contribution in [3.05, 3.63) is 78.8 Å². The van der Waals surface area contributed by atoms with Crippen molar-refractivity contribution in [2.45, 2.75) is 11.8 Å². The van der Waals surface area contributed by atoms with E-state index >= 15 is 0 Å². The van der Waals surface area contributed by atoms with E-state index in [9.17, 15) is 26.8 Å². The monoisotopic (exact) mass is 608 g/mol. The molecule has 1 fully saturated rings. The van der Waals surface area contributed by atoms with Gasteiger partial charge in [0.1, 0.15) is 34.4 Å². The maximum atomic E-state index is 14.3. The van der Waals surface area contributed by atoms with Crippen LogP contribution in [0.25, 0.3) is 22.0 Å². The van der Waals surface area contributed by atoms with E-state index in [1.165, 1.54) is 32.6 Å². The number of pyridine rings is 1. The molecule has 14 heteroatoms. The molecule has 4 aromatic rings. The molecule has 222 valence electrons. The summed E-state index contributed by atoms with van der Waals surface area (Å²) < 4.78 is 61.1. The van der Waals surface area contributed by atoms with Gasteiger partial charge >= 0.3 is 0 Å². The van der Waals surface area contributed by atoms with Crippen molar-refractivity contribution in [3.63, 3.8) is 0 Å². The van der Waals surface area contributed by atoms with E-state index in [1.807, 2.05) is 11.0 Å². The average Bonchev–Trinajstić information content (AvgIpc) is 2.99. The number of sulfonamides is 1. The van der Waals surface area contributed by atoms with Crippen LogP contribution in [-0.2, 0) is 19.6 Å². The number of hydrogen-bond acceptors (Lipinski definition) is 9. The summed E-state index contributed by atoms with van der Waals surface area (Å²) in [6.07, 6.45) is 2.94. The molecule has 1 saturated heterocycles. The highest BCUT2D eigenvalue weighted by molar-refractivity contribution is 7.92. The van der Waals surface area contributed by atoms with Crippen molar-refractivity contribution in [1.82, 2.24) is 19.9 Å². The molecule has 1 N–H and O–H groups in total. The normalized spacial score (nSPS) is 13.6. The van der Waals surface area contributed by atoms with E-state index in [0.29, 0.717) is 60.1 Å². The maximum Gasteiger partial charge on any atom is 0.264 e. The zero-order valence-electron chi connectivity index (χ0n) is 23.2. The van der Waals surface area contributed by atoms with Crippen LogP contribution in [0.15, 0.2) is 72.0 Å². The summed E-state index contributed by atoms with van der Waals surface area (Å²) in [6.45, 7) is 6.56. The molecule has 0 spiro atoms. The molecule has 0 unspecified atom stereocenters. The molecular formula is C29H26F2N6O5S. The molecule has 1 aliphatic heterocycles. The predicted molar refractivity (Wildman–Crippen MR) is 155 cm³/mol. The van der Waals surface area contributed by atoms with Gasteiger partial charge in [0.2, 0.25) is 5.88 Å². The van der Waals surface area contributed by atoms with Crippen LogP contribution >= 0.6 is 0 Å². The second-order valence-electron chi connectivity index (χ2n) is 9.70. The highest BCUT2D eigenvalue weighted by Gasteiger charge is 2.26. The van der Waals surface area contributed by atoms with Gasteiger partial charge in [-0.1, -0.05) is 12.6 Å². The van der Waals surface area contributed by atoms with Crippen molar-refractivity contribution >= 4 is 44.1 Å². The molecule has 0 aliphatic carbocycles. The molecule has 5 rings (SSSR count). The summed E-state index contributed by atoms with van der Waals surface area (Å²) >= 11 is 0. The quantitative estimate of drug-likeness (QED) is 0.181. The van der Waals surface area contributed by atoms with Crippen molar-refractivity contribution in [2.24, 2.45) is 0 Å². The second-order valence-corrected chi connectivity index (χ2v) is 11.4. The van der Waals surface area contributed by atoms with E-state index in [0.717, 1.165) is 12.1 Å². The fourth-order valence-corrected chi connectivity index (χ4v) is 5.78. The van der Waals surface area contributed by atoms with Crippen LogP contribution in [0, 0.1) is 11.6 Å². The Morgan fingerprint density at radius 2 is 1.72 bits per heavy atom. The number of aromatic nitrogens is 3. The Morgan fingerprint density at radius 1 is 0.977 bits per heavy atom. The second kappa shape index (κ2) is 11.7. The number of nitrogens with zero attached hydrogens (tertiary/aromatic N) is 5. The molecule has 1 aliphatic rings. The first-order valence-electron chi connectivity index (χ1n) is 13.0. The number of amides is 1. The Kier molecular flexibility index (Phi) is 8.04. The fourth-order valence-electron chi connectivity index (χ4n) is 4.68. The number of nitrogens with one attached hydrogen (secondary N) is 1. The molecule has 0 bridgehead atoms. The third kappa shape index (κ3) is 6.00. The smallest absolute Gasteiger partial charge is 0.264 e. The number of ketones is 1. The first-order valence-corrected chi connectivity index (χ1v) is 14.5. The minimum absolute atomic E-state index is 0.0526. The number of ether oxygens (including phenoxy) is 1. The van der Waals surface area contributed by atoms with Gasteiger partial charge in [0.25, 0.3) is 15.9 Å². The van der Waals surface area contributed by atoms with Crippen LogP contribution in [0.2, 0.25) is 0 Å². The van der Waals surface area contributed by atoms with E-state index in [4.69, 9.17) is 4.74 Å². The standard InChI is InChI=1S/C29H26F2N6O5S/c1-17(18(2)38)29(39)37-10-8-36(9-11-37)27-22-12-19(4-6-24(22)33-16-34-27)20-13-25(28(42-3)32-15-20)35-43(40,41)26-7-5-21(30)14-23(26)31/h4-7,12-16,35H,1,8-11H2,2-3H3. The Labute approximate surface area is 245 Å². The highest BCUT2D eigenvalue weighted by Crippen LogP contribution is 2.33. The van der Waals surface area contributed by atoms with Crippen LogP contribution < -0.4 is 14.4 Å². The Hall–Kier alpha value is -4.98. The number of piperazine rings is 1. The third-order valence-corrected chi connectivity index (χ3v) is 8.37. The molecule has 2 aromatic carbocycles. The highest BCUT2D eigenvalue weighted by atomic mass is 32.2. The van der Waals surface area contributed by atoms with Gasteiger partial charge in [-0.15, -0.1) is 0 Å². The molecule has 11 nitrogen and oxygen atoms in total. The lowest BCUT2D eigenvalue weighted by molar-refractivity contribution is -0.129. The largest absolute Gasteiger partial charge is 0.480 e. The van der Waals surface area contributed by atoms with Gasteiger partial charge < -0.3 is 14.5 Å². The first-order chi connectivity index (χ1) is 20.5. The minimum Gasteiger partial charge on any atom is -0.480 e. The number of Topliss-reactive ketones (excluding diaryl/α,β-unsaturated/α-hetero) is 1. The van der Waals surface area contributed by atoms with Gasteiger partial charge in [0.05, 0.1) is 18.2 Å². The number of methoxy groups -OCH3 is 1. The van der Waals surface area contributed by atoms with Crippen molar-refractivity contribution in [3.8, 4) is 17.0 Å². The van der Waals surface area contributed by atoms with Crippen molar-refractivity contribution < 1.29 is 31.5 Å². The SMILES string of the molecule is C=C(C(C)=O)C(=O)N1CCN(c2ncnc3ccc(-c4cnc(OC)c(NS(=O)(=O)c5ccc(F)cc5F)c4)cc23)CC1. The molecule has 3 heterocycles. The van der Waals surface area contributed by atoms with Crippen LogP contribution in [0.1, 0.15) is 6.92 Å². The number of carbonyl (C=O) groups excluding carboxylic acids is 2. The van der Waals surface area contributed by atoms with E-state index < -0.39 is 26.6 Å². The summed E-state index contributed by atoms with van der Waals surface area (Å²) in [6, 6.07) is 9.05. The zero-order chi connectivity index (χ0) is 30.9. The molecule has 1 amide bonds. The molecule has 0 radical (unpaired) electrons. The third-order valence-electron chi connectivity index (χ3n) is 6.97. The Morgan fingerprint density at radius 3 is 2.40 bits per heavy atom. The van der Waals surface area contributed by atoms with E-state index in [1.54, 1.807) is 17.0 Å². The van der Waals surface area contributed by atoms with E-state index in [-0.39, 0.29) is 28.8 Å². The number of benzene rings is 2. The molecule has 0 saturated carbocycles. The van der Waals surface area contributed by atoms with Crippen LogP contribution in [0.5, 0.6) is 5.88 Å². The number of carbonyl (C=O) groups is 2. The van der Waals surface area contributed by atoms with Crippen molar-refractivity contribution in [1.29, 1.82) is 0 Å². The predicted octanol–water partition coefficient (Wildman–Crippen LogP) is 3.57. The number of halogens is 2. The molecule has 43 heavy (non-hydrogen) atoms. The van der Waals surface area contributed by atoms with Gasteiger partial charge in [-0.3, -0.25) is 14.3 Å². The lowest BCUT2D eigenvalue weighted by atomic mass is 10.0. The summed E-state index contributed by atoms with van der Waals surface area (Å²) in [5.41, 5.74) is 1.71. The number of hydrogen-bond donors (Lipinski definition) is 1. The fraction of sp³-hybridized carbons (Fsp3) is 0.207. The van der Waals surface area contributed by atoms with Crippen LogP contribution in [-0.4, -0.2) is 73.2 Å². The lowest BCUT2D eigenvalue weighted by Gasteiger charge is -2.35. The summed E-state index contributed by atoms with van der Waals surface area (Å²) in [5, 5.41) is 0.708. The van der Waals surface area contributed by atoms with Gasteiger partial charge in [0.15, 0.2) is 5.78 Å². The number of anilines is 2. The van der Waals surface area contributed by atoms with E-state index in [2.05, 4.69) is 26.3 Å². The Balaban J connectivity index is 1.45. The van der Waals surface area contributed by atoms with Gasteiger partial charge in [-0.05, 0) is 42.8 Å². The summed E-state index contributed by atoms with van der Waals surface area (Å²) in [4.78, 5) is 40.0. The zero-order valence-corrected chi connectivity index (χ0v) is 24.0. The maximum absolute atomic E-state index is 14.3. The van der Waals surface area contributed by atoms with Gasteiger partial charge in [-0.2, -0.15) is 0 Å². The van der Waals surface area contributed by atoms with Crippen LogP contribution in [0.3, 0.4) is 0 Å².